The molecule has 0 unspecified atom stereocenters. The zero-order valence-corrected chi connectivity index (χ0v) is 10.5. The number of hydrogen-bond donors (Lipinski definition) is 3. The molecule has 0 bridgehead atoms. The number of carboxylic acid groups (broad SMARTS) is 2. The lowest BCUT2D eigenvalue weighted by Crippen LogP contribution is -2.29. The predicted octanol–water partition coefficient (Wildman–Crippen LogP) is 2.24. The van der Waals surface area contributed by atoms with Gasteiger partial charge in [-0.05, 0) is 34.5 Å². The maximum atomic E-state index is 10.9. The Morgan fingerprint density at radius 3 is 2.56 bits per heavy atom. The van der Waals surface area contributed by atoms with Gasteiger partial charge in [0.1, 0.15) is 6.04 Å². The average molecular weight is 308 g/mol. The Labute approximate surface area is 104 Å². The number of anilines is 1. The molecule has 0 aliphatic carbocycles. The first-order valence-electron chi connectivity index (χ1n) is 4.45. The number of rotatable bonds is 6. The number of carbonyl (C=O) groups is 2. The summed E-state index contributed by atoms with van der Waals surface area (Å²) >= 11 is 4.62. The van der Waals surface area contributed by atoms with Crippen LogP contribution in [0, 0.1) is 0 Å². The zero-order valence-electron chi connectivity index (χ0n) is 8.14. The lowest BCUT2D eigenvalue weighted by Gasteiger charge is -2.12. The molecule has 0 spiro atoms. The smallest absolute Gasteiger partial charge is 0.326 e. The highest BCUT2D eigenvalue weighted by molar-refractivity contribution is 9.11. The Morgan fingerprint density at radius 1 is 1.44 bits per heavy atom. The van der Waals surface area contributed by atoms with E-state index in [1.165, 1.54) is 11.3 Å². The second-order valence-electron chi connectivity index (χ2n) is 3.07. The maximum absolute atomic E-state index is 10.9. The molecule has 0 fully saturated rings. The second-order valence-corrected chi connectivity index (χ2v) is 5.53. The summed E-state index contributed by atoms with van der Waals surface area (Å²) in [6.45, 7) is 0. The third kappa shape index (κ3) is 4.19. The molecule has 1 aromatic rings. The van der Waals surface area contributed by atoms with Crippen molar-refractivity contribution in [3.8, 4) is 0 Å². The van der Waals surface area contributed by atoms with Gasteiger partial charge in [0.15, 0.2) is 0 Å². The summed E-state index contributed by atoms with van der Waals surface area (Å²) in [6.07, 6.45) is -0.114. The van der Waals surface area contributed by atoms with Gasteiger partial charge in [-0.15, -0.1) is 11.3 Å². The van der Waals surface area contributed by atoms with Gasteiger partial charge in [0.2, 0.25) is 0 Å². The first-order chi connectivity index (χ1) is 7.49. The molecule has 1 aromatic heterocycles. The molecule has 7 heteroatoms. The third-order valence-electron chi connectivity index (χ3n) is 1.83. The summed E-state index contributed by atoms with van der Waals surface area (Å²) in [5.74, 6) is -2.05. The minimum Gasteiger partial charge on any atom is -0.481 e. The van der Waals surface area contributed by atoms with E-state index in [1.807, 2.05) is 0 Å². The first-order valence-corrected chi connectivity index (χ1v) is 6.06. The van der Waals surface area contributed by atoms with Gasteiger partial charge in [-0.2, -0.15) is 0 Å². The molecule has 0 aliphatic rings. The van der Waals surface area contributed by atoms with Crippen LogP contribution < -0.4 is 5.32 Å². The van der Waals surface area contributed by atoms with Gasteiger partial charge in [-0.25, -0.2) is 4.79 Å². The summed E-state index contributed by atoms with van der Waals surface area (Å²) in [7, 11) is 0. The monoisotopic (exact) mass is 307 g/mol. The molecule has 1 rings (SSSR count). The van der Waals surface area contributed by atoms with Crippen molar-refractivity contribution in [2.24, 2.45) is 0 Å². The van der Waals surface area contributed by atoms with Crippen molar-refractivity contribution in [1.29, 1.82) is 0 Å². The SMILES string of the molecule is O=C(O)CC[C@H](Nc1ccc(Br)s1)C(=O)O. The Bertz CT molecular complexity index is 393. The molecule has 0 aromatic carbocycles. The van der Waals surface area contributed by atoms with Crippen LogP contribution in [-0.4, -0.2) is 28.2 Å². The highest BCUT2D eigenvalue weighted by Crippen LogP contribution is 2.27. The Morgan fingerprint density at radius 2 is 2.12 bits per heavy atom. The van der Waals surface area contributed by atoms with E-state index < -0.39 is 18.0 Å². The van der Waals surface area contributed by atoms with Crippen LogP contribution in [-0.2, 0) is 9.59 Å². The Kier molecular flexibility index (Phi) is 4.75. The van der Waals surface area contributed by atoms with Crippen LogP contribution in [0.5, 0.6) is 0 Å². The molecule has 1 heterocycles. The van der Waals surface area contributed by atoms with Gasteiger partial charge in [-0.3, -0.25) is 4.79 Å². The number of thiophene rings is 1. The fraction of sp³-hybridized carbons (Fsp3) is 0.333. The molecule has 0 saturated heterocycles. The first kappa shape index (κ1) is 13.0. The van der Waals surface area contributed by atoms with Gasteiger partial charge in [0, 0.05) is 6.42 Å². The van der Waals surface area contributed by atoms with Crippen LogP contribution in [0.15, 0.2) is 15.9 Å². The maximum Gasteiger partial charge on any atom is 0.326 e. The largest absolute Gasteiger partial charge is 0.481 e. The zero-order chi connectivity index (χ0) is 12.1. The standard InChI is InChI=1S/C9H10BrNO4S/c10-6-2-3-7(16-6)11-5(9(14)15)1-4-8(12)13/h2-3,5,11H,1,4H2,(H,12,13)(H,14,15)/t5-/m0/s1. The van der Waals surface area contributed by atoms with Crippen LogP contribution in [0.2, 0.25) is 0 Å². The normalized spacial score (nSPS) is 12.1. The van der Waals surface area contributed by atoms with Crippen LogP contribution in [0.1, 0.15) is 12.8 Å². The van der Waals surface area contributed by atoms with Crippen molar-refractivity contribution < 1.29 is 19.8 Å². The van der Waals surface area contributed by atoms with E-state index in [1.54, 1.807) is 12.1 Å². The molecule has 16 heavy (non-hydrogen) atoms. The summed E-state index contributed by atoms with van der Waals surface area (Å²) < 4.78 is 0.886. The van der Waals surface area contributed by atoms with E-state index in [0.717, 1.165) is 3.79 Å². The van der Waals surface area contributed by atoms with Gasteiger partial charge >= 0.3 is 11.9 Å². The molecular formula is C9H10BrNO4S. The van der Waals surface area contributed by atoms with Crippen molar-refractivity contribution in [3.05, 3.63) is 15.9 Å². The molecular weight excluding hydrogens is 298 g/mol. The van der Waals surface area contributed by atoms with Gasteiger partial charge in [-0.1, -0.05) is 0 Å². The highest BCUT2D eigenvalue weighted by atomic mass is 79.9. The summed E-state index contributed by atoms with van der Waals surface area (Å²) in [6, 6.07) is 2.66. The molecule has 1 atom stereocenters. The number of carboxylic acids is 2. The average Bonchev–Trinajstić information content (AvgIpc) is 2.57. The quantitative estimate of drug-likeness (QED) is 0.750. The molecule has 0 aliphatic heterocycles. The minimum atomic E-state index is -1.05. The molecule has 0 saturated carbocycles. The Balaban J connectivity index is 2.57. The number of nitrogens with one attached hydrogen (secondary N) is 1. The lowest BCUT2D eigenvalue weighted by molar-refractivity contribution is -0.139. The predicted molar refractivity (Wildman–Crippen MR) is 63.9 cm³/mol. The Hall–Kier alpha value is -1.08. The van der Waals surface area contributed by atoms with Crippen molar-refractivity contribution in [3.63, 3.8) is 0 Å². The molecule has 3 N–H and O–H groups in total. The van der Waals surface area contributed by atoms with Crippen LogP contribution in [0.3, 0.4) is 0 Å². The fourth-order valence-corrected chi connectivity index (χ4v) is 2.43. The van der Waals surface area contributed by atoms with Crippen molar-refractivity contribution in [2.45, 2.75) is 18.9 Å². The third-order valence-corrected chi connectivity index (χ3v) is 3.39. The topological polar surface area (TPSA) is 86.6 Å². The molecule has 5 nitrogen and oxygen atoms in total. The number of halogens is 1. The second kappa shape index (κ2) is 5.86. The van der Waals surface area contributed by atoms with E-state index in [9.17, 15) is 9.59 Å². The van der Waals surface area contributed by atoms with Gasteiger partial charge in [0.25, 0.3) is 0 Å². The molecule has 88 valence electrons. The van der Waals surface area contributed by atoms with Crippen molar-refractivity contribution in [2.75, 3.05) is 5.32 Å². The van der Waals surface area contributed by atoms with Crippen molar-refractivity contribution >= 4 is 44.2 Å². The minimum absolute atomic E-state index is 0.0557. The van der Waals surface area contributed by atoms with E-state index in [0.29, 0.717) is 5.00 Å². The number of hydrogen-bond acceptors (Lipinski definition) is 4. The highest BCUT2D eigenvalue weighted by Gasteiger charge is 2.18. The summed E-state index contributed by atoms with van der Waals surface area (Å²) in [4.78, 5) is 21.2. The van der Waals surface area contributed by atoms with Gasteiger partial charge < -0.3 is 15.5 Å². The molecule has 0 radical (unpaired) electrons. The van der Waals surface area contributed by atoms with Crippen LogP contribution in [0.4, 0.5) is 5.00 Å². The van der Waals surface area contributed by atoms with E-state index in [2.05, 4.69) is 21.2 Å². The van der Waals surface area contributed by atoms with Crippen molar-refractivity contribution in [1.82, 2.24) is 0 Å². The molecule has 0 amide bonds. The van der Waals surface area contributed by atoms with Gasteiger partial charge in [0.05, 0.1) is 8.79 Å². The van der Waals surface area contributed by atoms with E-state index in [4.69, 9.17) is 10.2 Å². The van der Waals surface area contributed by atoms with Crippen LogP contribution in [0.25, 0.3) is 0 Å². The van der Waals surface area contributed by atoms with E-state index in [-0.39, 0.29) is 12.8 Å². The summed E-state index contributed by atoms with van der Waals surface area (Å²) in [5.41, 5.74) is 0. The summed E-state index contributed by atoms with van der Waals surface area (Å²) in [5, 5.41) is 20.9. The lowest BCUT2D eigenvalue weighted by atomic mass is 10.1. The number of aliphatic carboxylic acids is 2. The fourth-order valence-electron chi connectivity index (χ4n) is 1.09. The van der Waals surface area contributed by atoms with E-state index >= 15 is 0 Å². The van der Waals surface area contributed by atoms with Crippen LogP contribution >= 0.6 is 27.3 Å².